The Labute approximate surface area is 118 Å². The SMILES string of the molecule is O=C(Nc1cc(Cl)cc(Br)c1O)[C@@H]1CCCOC1. The summed E-state index contributed by atoms with van der Waals surface area (Å²) in [5.41, 5.74) is 0.310. The Bertz CT molecular complexity index is 461. The second-order valence-electron chi connectivity index (χ2n) is 4.19. The Morgan fingerprint density at radius 3 is 3.00 bits per heavy atom. The average molecular weight is 335 g/mol. The number of benzene rings is 1. The van der Waals surface area contributed by atoms with Crippen LogP contribution in [0.1, 0.15) is 12.8 Å². The molecule has 1 aromatic rings. The lowest BCUT2D eigenvalue weighted by Gasteiger charge is -2.21. The van der Waals surface area contributed by atoms with Gasteiger partial charge in [-0.1, -0.05) is 11.6 Å². The van der Waals surface area contributed by atoms with Gasteiger partial charge in [-0.2, -0.15) is 0 Å². The lowest BCUT2D eigenvalue weighted by Crippen LogP contribution is -2.30. The first-order valence-electron chi connectivity index (χ1n) is 5.64. The predicted octanol–water partition coefficient (Wildman–Crippen LogP) is 3.17. The summed E-state index contributed by atoms with van der Waals surface area (Å²) in [4.78, 5) is 12.0. The number of nitrogens with one attached hydrogen (secondary N) is 1. The quantitative estimate of drug-likeness (QED) is 0.817. The molecular formula is C12H13BrClNO3. The zero-order valence-corrected chi connectivity index (χ0v) is 11.9. The molecule has 0 aliphatic carbocycles. The summed E-state index contributed by atoms with van der Waals surface area (Å²) >= 11 is 9.05. The van der Waals surface area contributed by atoms with Gasteiger partial charge in [-0.15, -0.1) is 0 Å². The van der Waals surface area contributed by atoms with Crippen molar-refractivity contribution in [3.8, 4) is 5.75 Å². The van der Waals surface area contributed by atoms with Crippen LogP contribution in [0.3, 0.4) is 0 Å². The number of hydrogen-bond donors (Lipinski definition) is 2. The third kappa shape index (κ3) is 3.16. The van der Waals surface area contributed by atoms with Crippen LogP contribution in [0.4, 0.5) is 5.69 Å². The van der Waals surface area contributed by atoms with Gasteiger partial charge in [-0.3, -0.25) is 4.79 Å². The van der Waals surface area contributed by atoms with E-state index in [1.807, 2.05) is 0 Å². The molecule has 0 spiro atoms. The molecule has 18 heavy (non-hydrogen) atoms. The highest BCUT2D eigenvalue weighted by Gasteiger charge is 2.23. The number of phenolic OH excluding ortho intramolecular Hbond substituents is 1. The number of amides is 1. The van der Waals surface area contributed by atoms with Crippen molar-refractivity contribution in [2.24, 2.45) is 5.92 Å². The van der Waals surface area contributed by atoms with Crippen molar-refractivity contribution >= 4 is 39.1 Å². The maximum Gasteiger partial charge on any atom is 0.229 e. The first kappa shape index (κ1) is 13.6. The molecule has 0 aromatic heterocycles. The van der Waals surface area contributed by atoms with Crippen molar-refractivity contribution in [2.75, 3.05) is 18.5 Å². The molecule has 2 rings (SSSR count). The number of rotatable bonds is 2. The molecule has 6 heteroatoms. The van der Waals surface area contributed by atoms with Crippen LogP contribution in [0.2, 0.25) is 5.02 Å². The van der Waals surface area contributed by atoms with Crippen molar-refractivity contribution in [2.45, 2.75) is 12.8 Å². The Morgan fingerprint density at radius 2 is 2.33 bits per heavy atom. The molecule has 1 amide bonds. The molecule has 0 unspecified atom stereocenters. The van der Waals surface area contributed by atoms with E-state index in [1.165, 1.54) is 6.07 Å². The minimum absolute atomic E-state index is 0.0236. The number of ether oxygens (including phenoxy) is 1. The van der Waals surface area contributed by atoms with Crippen LogP contribution in [-0.2, 0) is 9.53 Å². The molecular weight excluding hydrogens is 321 g/mol. The molecule has 1 aliphatic heterocycles. The van der Waals surface area contributed by atoms with Crippen LogP contribution < -0.4 is 5.32 Å². The minimum atomic E-state index is -0.170. The van der Waals surface area contributed by atoms with Gasteiger partial charge in [0, 0.05) is 11.6 Å². The van der Waals surface area contributed by atoms with Gasteiger partial charge in [-0.25, -0.2) is 0 Å². The van der Waals surface area contributed by atoms with E-state index >= 15 is 0 Å². The van der Waals surface area contributed by atoms with Crippen molar-refractivity contribution in [3.05, 3.63) is 21.6 Å². The van der Waals surface area contributed by atoms with E-state index in [2.05, 4.69) is 21.2 Å². The van der Waals surface area contributed by atoms with E-state index in [0.717, 1.165) is 12.8 Å². The standard InChI is InChI=1S/C12H13BrClNO3/c13-9-4-8(14)5-10(11(9)16)15-12(17)7-2-1-3-18-6-7/h4-5,7,16H,1-3,6H2,(H,15,17)/t7-/m1/s1. The van der Waals surface area contributed by atoms with Crippen LogP contribution >= 0.6 is 27.5 Å². The monoisotopic (exact) mass is 333 g/mol. The number of hydrogen-bond acceptors (Lipinski definition) is 3. The zero-order chi connectivity index (χ0) is 13.1. The molecule has 0 radical (unpaired) electrons. The summed E-state index contributed by atoms with van der Waals surface area (Å²) in [5.74, 6) is -0.348. The average Bonchev–Trinajstić information content (AvgIpc) is 2.36. The third-order valence-electron chi connectivity index (χ3n) is 2.82. The van der Waals surface area contributed by atoms with Gasteiger partial charge in [0.05, 0.1) is 22.7 Å². The van der Waals surface area contributed by atoms with Gasteiger partial charge < -0.3 is 15.2 Å². The van der Waals surface area contributed by atoms with Crippen molar-refractivity contribution in [1.29, 1.82) is 0 Å². The van der Waals surface area contributed by atoms with E-state index < -0.39 is 0 Å². The Balaban J connectivity index is 2.11. The number of carbonyl (C=O) groups is 1. The number of carbonyl (C=O) groups excluding carboxylic acids is 1. The second kappa shape index (κ2) is 5.91. The summed E-state index contributed by atoms with van der Waals surface area (Å²) in [5, 5.41) is 12.9. The van der Waals surface area contributed by atoms with E-state index in [4.69, 9.17) is 16.3 Å². The fraction of sp³-hybridized carbons (Fsp3) is 0.417. The van der Waals surface area contributed by atoms with E-state index in [0.29, 0.717) is 28.4 Å². The van der Waals surface area contributed by atoms with Crippen LogP contribution in [0, 0.1) is 5.92 Å². The largest absolute Gasteiger partial charge is 0.505 e. The third-order valence-corrected chi connectivity index (χ3v) is 3.64. The fourth-order valence-corrected chi connectivity index (χ4v) is 2.65. The van der Waals surface area contributed by atoms with Gasteiger partial charge in [0.15, 0.2) is 5.75 Å². The summed E-state index contributed by atoms with van der Waals surface area (Å²) in [7, 11) is 0. The Hall–Kier alpha value is -0.780. The van der Waals surface area contributed by atoms with E-state index in [9.17, 15) is 9.90 Å². The molecule has 1 heterocycles. The highest BCUT2D eigenvalue weighted by Crippen LogP contribution is 2.35. The van der Waals surface area contributed by atoms with Crippen molar-refractivity contribution < 1.29 is 14.6 Å². The number of phenols is 1. The summed E-state index contributed by atoms with van der Waals surface area (Å²) < 4.78 is 5.71. The molecule has 1 atom stereocenters. The summed E-state index contributed by atoms with van der Waals surface area (Å²) in [6.07, 6.45) is 1.68. The highest BCUT2D eigenvalue weighted by molar-refractivity contribution is 9.10. The number of halogens is 2. The van der Waals surface area contributed by atoms with Gasteiger partial charge in [0.25, 0.3) is 0 Å². The molecule has 98 valence electrons. The zero-order valence-electron chi connectivity index (χ0n) is 9.58. The second-order valence-corrected chi connectivity index (χ2v) is 5.48. The first-order valence-corrected chi connectivity index (χ1v) is 6.81. The highest BCUT2D eigenvalue weighted by atomic mass is 79.9. The van der Waals surface area contributed by atoms with Crippen LogP contribution in [0.15, 0.2) is 16.6 Å². The molecule has 2 N–H and O–H groups in total. The van der Waals surface area contributed by atoms with Crippen molar-refractivity contribution in [1.82, 2.24) is 0 Å². The first-order chi connectivity index (χ1) is 8.58. The topological polar surface area (TPSA) is 58.6 Å². The lowest BCUT2D eigenvalue weighted by molar-refractivity contribution is -0.123. The van der Waals surface area contributed by atoms with Crippen LogP contribution in [-0.4, -0.2) is 24.2 Å². The maximum absolute atomic E-state index is 12.0. The number of aromatic hydroxyl groups is 1. The Morgan fingerprint density at radius 1 is 1.56 bits per heavy atom. The fourth-order valence-electron chi connectivity index (χ4n) is 1.84. The van der Waals surface area contributed by atoms with Gasteiger partial charge in [0.2, 0.25) is 5.91 Å². The molecule has 1 aliphatic rings. The normalized spacial score (nSPS) is 19.6. The molecule has 1 saturated heterocycles. The number of anilines is 1. The van der Waals surface area contributed by atoms with Crippen LogP contribution in [0.25, 0.3) is 0 Å². The molecule has 1 fully saturated rings. The van der Waals surface area contributed by atoms with Crippen LogP contribution in [0.5, 0.6) is 5.75 Å². The minimum Gasteiger partial charge on any atom is -0.505 e. The van der Waals surface area contributed by atoms with E-state index in [1.54, 1.807) is 6.07 Å². The van der Waals surface area contributed by atoms with Gasteiger partial charge in [-0.05, 0) is 40.9 Å². The molecule has 4 nitrogen and oxygen atoms in total. The summed E-state index contributed by atoms with van der Waals surface area (Å²) in [6.45, 7) is 1.13. The summed E-state index contributed by atoms with van der Waals surface area (Å²) in [6, 6.07) is 3.08. The van der Waals surface area contributed by atoms with Gasteiger partial charge >= 0.3 is 0 Å². The molecule has 0 bridgehead atoms. The Kier molecular flexibility index (Phi) is 4.48. The van der Waals surface area contributed by atoms with Crippen molar-refractivity contribution in [3.63, 3.8) is 0 Å². The smallest absolute Gasteiger partial charge is 0.229 e. The molecule has 0 saturated carbocycles. The molecule has 1 aromatic carbocycles. The predicted molar refractivity (Wildman–Crippen MR) is 73.0 cm³/mol. The maximum atomic E-state index is 12.0. The van der Waals surface area contributed by atoms with Gasteiger partial charge in [0.1, 0.15) is 0 Å². The van der Waals surface area contributed by atoms with E-state index in [-0.39, 0.29) is 17.6 Å². The lowest BCUT2D eigenvalue weighted by atomic mass is 10.0.